The van der Waals surface area contributed by atoms with Crippen LogP contribution >= 0.6 is 0 Å². The Hall–Kier alpha value is -1.74. The third-order valence-electron chi connectivity index (χ3n) is 3.77. The molecule has 3 N–H and O–H groups in total. The summed E-state index contributed by atoms with van der Waals surface area (Å²) in [6.07, 6.45) is -1.45. The average molecular weight is 283 g/mol. The van der Waals surface area contributed by atoms with Crippen molar-refractivity contribution in [2.75, 3.05) is 11.9 Å². The molecule has 1 aliphatic carbocycles. The van der Waals surface area contributed by atoms with Gasteiger partial charge in [0.1, 0.15) is 6.07 Å². The Balaban J connectivity index is 2.22. The molecule has 1 saturated carbocycles. The maximum absolute atomic E-state index is 12.6. The van der Waals surface area contributed by atoms with Crippen LogP contribution in [0, 0.1) is 17.2 Å². The molecule has 0 aromatic heterocycles. The molecule has 0 saturated heterocycles. The molecule has 20 heavy (non-hydrogen) atoms. The van der Waals surface area contributed by atoms with Crippen molar-refractivity contribution in [1.29, 1.82) is 5.26 Å². The van der Waals surface area contributed by atoms with Crippen molar-refractivity contribution in [3.05, 3.63) is 29.3 Å². The number of anilines is 1. The zero-order valence-electron chi connectivity index (χ0n) is 10.9. The predicted octanol–water partition coefficient (Wildman–Crippen LogP) is 3.12. The van der Waals surface area contributed by atoms with E-state index in [0.29, 0.717) is 18.2 Å². The minimum atomic E-state index is -4.43. The van der Waals surface area contributed by atoms with E-state index in [9.17, 15) is 13.2 Å². The van der Waals surface area contributed by atoms with Crippen molar-refractivity contribution < 1.29 is 13.2 Å². The van der Waals surface area contributed by atoms with E-state index in [1.54, 1.807) is 0 Å². The largest absolute Gasteiger partial charge is 0.416 e. The second-order valence-electron chi connectivity index (χ2n) is 5.05. The lowest BCUT2D eigenvalue weighted by Crippen LogP contribution is -2.29. The van der Waals surface area contributed by atoms with Gasteiger partial charge in [-0.05, 0) is 43.5 Å². The molecule has 2 unspecified atom stereocenters. The normalized spacial score (nSPS) is 22.6. The van der Waals surface area contributed by atoms with E-state index >= 15 is 0 Å². The Morgan fingerprint density at radius 1 is 1.35 bits per heavy atom. The van der Waals surface area contributed by atoms with Crippen molar-refractivity contribution in [1.82, 2.24) is 0 Å². The summed E-state index contributed by atoms with van der Waals surface area (Å²) in [5, 5.41) is 12.2. The third-order valence-corrected chi connectivity index (χ3v) is 3.77. The first-order chi connectivity index (χ1) is 9.45. The number of hydrogen-bond donors (Lipinski definition) is 2. The van der Waals surface area contributed by atoms with E-state index in [0.717, 1.165) is 31.4 Å². The molecule has 0 bridgehead atoms. The fraction of sp³-hybridized carbons (Fsp3) is 0.500. The minimum absolute atomic E-state index is 0.0162. The van der Waals surface area contributed by atoms with Crippen molar-refractivity contribution in [2.24, 2.45) is 11.7 Å². The smallest absolute Gasteiger partial charge is 0.381 e. The van der Waals surface area contributed by atoms with Gasteiger partial charge in [-0.15, -0.1) is 0 Å². The number of halogens is 3. The monoisotopic (exact) mass is 283 g/mol. The Bertz CT molecular complexity index is 519. The number of nitrogens with one attached hydrogen (secondary N) is 1. The van der Waals surface area contributed by atoms with E-state index in [1.807, 2.05) is 6.07 Å². The van der Waals surface area contributed by atoms with Crippen LogP contribution in [-0.4, -0.2) is 12.6 Å². The molecule has 1 aromatic rings. The lowest BCUT2D eigenvalue weighted by molar-refractivity contribution is -0.137. The highest BCUT2D eigenvalue weighted by molar-refractivity contribution is 5.59. The number of benzene rings is 1. The lowest BCUT2D eigenvalue weighted by Gasteiger charge is -2.21. The predicted molar refractivity (Wildman–Crippen MR) is 70.0 cm³/mol. The van der Waals surface area contributed by atoms with Crippen LogP contribution in [0.1, 0.15) is 30.4 Å². The lowest BCUT2D eigenvalue weighted by atomic mass is 10.0. The fourth-order valence-electron chi connectivity index (χ4n) is 2.65. The molecule has 108 valence electrons. The summed E-state index contributed by atoms with van der Waals surface area (Å²) in [6, 6.07) is 5.16. The number of alkyl halides is 3. The van der Waals surface area contributed by atoms with Gasteiger partial charge in [0.2, 0.25) is 0 Å². The van der Waals surface area contributed by atoms with E-state index in [2.05, 4.69) is 5.32 Å². The Kier molecular flexibility index (Phi) is 4.19. The molecule has 0 amide bonds. The van der Waals surface area contributed by atoms with Gasteiger partial charge in [-0.2, -0.15) is 18.4 Å². The molecule has 0 spiro atoms. The first-order valence-corrected chi connectivity index (χ1v) is 6.53. The van der Waals surface area contributed by atoms with Gasteiger partial charge in [0.15, 0.2) is 0 Å². The van der Waals surface area contributed by atoms with Crippen LogP contribution in [0.25, 0.3) is 0 Å². The Morgan fingerprint density at radius 2 is 2.10 bits per heavy atom. The van der Waals surface area contributed by atoms with Gasteiger partial charge in [-0.3, -0.25) is 0 Å². The molecular weight excluding hydrogens is 267 g/mol. The van der Waals surface area contributed by atoms with Gasteiger partial charge in [0.25, 0.3) is 0 Å². The van der Waals surface area contributed by atoms with Crippen molar-refractivity contribution >= 4 is 5.69 Å². The van der Waals surface area contributed by atoms with E-state index < -0.39 is 11.7 Å². The summed E-state index contributed by atoms with van der Waals surface area (Å²) < 4.78 is 37.8. The summed E-state index contributed by atoms with van der Waals surface area (Å²) in [4.78, 5) is 0. The second-order valence-corrected chi connectivity index (χ2v) is 5.05. The van der Waals surface area contributed by atoms with Crippen LogP contribution in [-0.2, 0) is 6.18 Å². The molecule has 3 nitrogen and oxygen atoms in total. The molecule has 0 radical (unpaired) electrons. The van der Waals surface area contributed by atoms with Crippen LogP contribution in [0.5, 0.6) is 0 Å². The summed E-state index contributed by atoms with van der Waals surface area (Å²) >= 11 is 0. The molecule has 1 fully saturated rings. The number of nitriles is 1. The van der Waals surface area contributed by atoms with Gasteiger partial charge in [0.05, 0.1) is 16.8 Å². The van der Waals surface area contributed by atoms with E-state index in [1.165, 1.54) is 6.07 Å². The standard InChI is InChI=1S/C14H16F3N3/c15-14(16,17)11-4-5-13(10(6-11)8-19)20-12-3-1-2-9(12)7-18/h4-6,9,12,20H,1-3,7,18H2. The Morgan fingerprint density at radius 3 is 2.70 bits per heavy atom. The van der Waals surface area contributed by atoms with Gasteiger partial charge in [-0.1, -0.05) is 6.42 Å². The average Bonchev–Trinajstić information content (AvgIpc) is 2.85. The fourth-order valence-corrected chi connectivity index (χ4v) is 2.65. The van der Waals surface area contributed by atoms with Crippen molar-refractivity contribution in [2.45, 2.75) is 31.5 Å². The third kappa shape index (κ3) is 3.05. The van der Waals surface area contributed by atoms with Crippen LogP contribution in [0.4, 0.5) is 18.9 Å². The molecular formula is C14H16F3N3. The number of hydrogen-bond acceptors (Lipinski definition) is 3. The second kappa shape index (κ2) is 5.71. The van der Waals surface area contributed by atoms with Gasteiger partial charge >= 0.3 is 6.18 Å². The first kappa shape index (κ1) is 14.7. The van der Waals surface area contributed by atoms with Crippen LogP contribution in [0.2, 0.25) is 0 Å². The summed E-state index contributed by atoms with van der Waals surface area (Å²) in [5.74, 6) is 0.309. The van der Waals surface area contributed by atoms with Crippen LogP contribution in [0.3, 0.4) is 0 Å². The quantitative estimate of drug-likeness (QED) is 0.896. The molecule has 0 heterocycles. The highest BCUT2D eigenvalue weighted by Gasteiger charge is 2.32. The first-order valence-electron chi connectivity index (χ1n) is 6.53. The highest BCUT2D eigenvalue weighted by atomic mass is 19.4. The zero-order valence-corrected chi connectivity index (χ0v) is 10.9. The van der Waals surface area contributed by atoms with Crippen LogP contribution in [0.15, 0.2) is 18.2 Å². The maximum atomic E-state index is 12.6. The number of rotatable bonds is 3. The van der Waals surface area contributed by atoms with Crippen molar-refractivity contribution in [3.63, 3.8) is 0 Å². The summed E-state index contributed by atoms with van der Waals surface area (Å²) in [6.45, 7) is 0.542. The zero-order chi connectivity index (χ0) is 14.8. The molecule has 6 heteroatoms. The van der Waals surface area contributed by atoms with Crippen molar-refractivity contribution in [3.8, 4) is 6.07 Å². The maximum Gasteiger partial charge on any atom is 0.416 e. The molecule has 0 aliphatic heterocycles. The minimum Gasteiger partial charge on any atom is -0.381 e. The van der Waals surface area contributed by atoms with E-state index in [-0.39, 0.29) is 11.6 Å². The number of nitrogens with zero attached hydrogens (tertiary/aromatic N) is 1. The molecule has 1 aromatic carbocycles. The molecule has 1 aliphatic rings. The highest BCUT2D eigenvalue weighted by Crippen LogP contribution is 2.33. The Labute approximate surface area is 115 Å². The molecule has 2 rings (SSSR count). The SMILES string of the molecule is N#Cc1cc(C(F)(F)F)ccc1NC1CCCC1CN. The number of nitrogens with two attached hydrogens (primary N) is 1. The van der Waals surface area contributed by atoms with Gasteiger partial charge < -0.3 is 11.1 Å². The van der Waals surface area contributed by atoms with Gasteiger partial charge in [0, 0.05) is 6.04 Å². The van der Waals surface area contributed by atoms with Gasteiger partial charge in [-0.25, -0.2) is 0 Å². The topological polar surface area (TPSA) is 61.8 Å². The van der Waals surface area contributed by atoms with E-state index in [4.69, 9.17) is 11.0 Å². The molecule has 2 atom stereocenters. The van der Waals surface area contributed by atoms with Crippen LogP contribution < -0.4 is 11.1 Å². The summed E-state index contributed by atoms with van der Waals surface area (Å²) in [7, 11) is 0. The summed E-state index contributed by atoms with van der Waals surface area (Å²) in [5.41, 5.74) is 5.34.